The zero-order valence-electron chi connectivity index (χ0n) is 23.4. The van der Waals surface area contributed by atoms with Crippen LogP contribution in [0.5, 0.6) is 5.75 Å². The van der Waals surface area contributed by atoms with Crippen molar-refractivity contribution in [1.29, 1.82) is 0 Å². The lowest BCUT2D eigenvalue weighted by Gasteiger charge is -2.34. The zero-order chi connectivity index (χ0) is 29.5. The molecule has 3 aromatic rings. The molecule has 1 unspecified atom stereocenters. The van der Waals surface area contributed by atoms with Gasteiger partial charge < -0.3 is 15.0 Å². The highest BCUT2D eigenvalue weighted by Crippen LogP contribution is 2.26. The van der Waals surface area contributed by atoms with Crippen molar-refractivity contribution in [2.45, 2.75) is 57.1 Å². The number of carbonyl (C=O) groups is 2. The molecule has 0 saturated carbocycles. The molecule has 2 amide bonds. The summed E-state index contributed by atoms with van der Waals surface area (Å²) in [6.07, 6.45) is 0.326. The van der Waals surface area contributed by atoms with Crippen molar-refractivity contribution in [3.05, 3.63) is 89.4 Å². The molecule has 0 bridgehead atoms. The topological polar surface area (TPSA) is 96.0 Å². The van der Waals surface area contributed by atoms with E-state index in [1.807, 2.05) is 33.8 Å². The number of nitrogens with zero attached hydrogens (tertiary/aromatic N) is 2. The fourth-order valence-electron chi connectivity index (χ4n) is 4.20. The van der Waals surface area contributed by atoms with Crippen molar-refractivity contribution < 1.29 is 22.7 Å². The van der Waals surface area contributed by atoms with Crippen LogP contribution in [0.1, 0.15) is 39.7 Å². The third-order valence-corrected chi connectivity index (χ3v) is 8.14. The van der Waals surface area contributed by atoms with Crippen LogP contribution in [0.25, 0.3) is 0 Å². The van der Waals surface area contributed by atoms with E-state index >= 15 is 0 Å². The number of amides is 2. The zero-order valence-corrected chi connectivity index (χ0v) is 25.0. The number of hydrogen-bond donors (Lipinski definition) is 1. The molecule has 0 aliphatic carbocycles. The molecule has 1 N–H and O–H groups in total. The molecular formula is C30H36ClN3O5S. The summed E-state index contributed by atoms with van der Waals surface area (Å²) >= 11 is 5.99. The first-order valence-corrected chi connectivity index (χ1v) is 14.8. The Morgan fingerprint density at radius 2 is 1.62 bits per heavy atom. The lowest BCUT2D eigenvalue weighted by molar-refractivity contribution is -0.141. The van der Waals surface area contributed by atoms with Crippen LogP contribution < -0.4 is 14.4 Å². The Hall–Kier alpha value is -3.56. The molecule has 0 aliphatic heterocycles. The molecule has 0 spiro atoms. The van der Waals surface area contributed by atoms with Crippen LogP contribution >= 0.6 is 11.6 Å². The lowest BCUT2D eigenvalue weighted by Crippen LogP contribution is -2.55. The molecule has 0 aromatic heterocycles. The summed E-state index contributed by atoms with van der Waals surface area (Å²) in [6.45, 7) is 6.97. The Morgan fingerprint density at radius 1 is 0.975 bits per heavy atom. The van der Waals surface area contributed by atoms with Crippen molar-refractivity contribution >= 4 is 39.1 Å². The van der Waals surface area contributed by atoms with Crippen LogP contribution in [-0.4, -0.2) is 50.4 Å². The van der Waals surface area contributed by atoms with Gasteiger partial charge in [-0.25, -0.2) is 8.42 Å². The number of sulfonamides is 1. The molecule has 0 saturated heterocycles. The first-order valence-electron chi connectivity index (χ1n) is 12.9. The standard InChI is InChI=1S/C30H36ClN3O5S/c1-6-27(29(36)32-30(2,3)4)33(20-22-11-10-14-25(19-22)39-5)28(35)21-34(24-12-8-7-9-13-24)40(37,38)26-17-15-23(31)16-18-26/h7-19,27H,6,20-21H2,1-5H3,(H,32,36). The molecule has 3 rings (SSSR count). The molecule has 10 heteroatoms. The third kappa shape index (κ3) is 7.99. The van der Waals surface area contributed by atoms with Crippen molar-refractivity contribution in [2.75, 3.05) is 18.0 Å². The monoisotopic (exact) mass is 585 g/mol. The van der Waals surface area contributed by atoms with E-state index in [0.717, 1.165) is 9.87 Å². The minimum absolute atomic E-state index is 0.00887. The van der Waals surface area contributed by atoms with Crippen molar-refractivity contribution in [3.63, 3.8) is 0 Å². The van der Waals surface area contributed by atoms with E-state index in [1.165, 1.54) is 29.2 Å². The minimum atomic E-state index is -4.16. The summed E-state index contributed by atoms with van der Waals surface area (Å²) < 4.78 is 34.0. The summed E-state index contributed by atoms with van der Waals surface area (Å²) in [4.78, 5) is 28.9. The average Bonchev–Trinajstić information content (AvgIpc) is 2.91. The van der Waals surface area contributed by atoms with Crippen LogP contribution in [0, 0.1) is 0 Å². The molecule has 3 aromatic carbocycles. The highest BCUT2D eigenvalue weighted by molar-refractivity contribution is 7.92. The van der Waals surface area contributed by atoms with Gasteiger partial charge in [-0.2, -0.15) is 0 Å². The van der Waals surface area contributed by atoms with Crippen LogP contribution in [0.2, 0.25) is 5.02 Å². The van der Waals surface area contributed by atoms with Gasteiger partial charge in [0.25, 0.3) is 10.0 Å². The second-order valence-corrected chi connectivity index (χ2v) is 12.6. The predicted molar refractivity (Wildman–Crippen MR) is 158 cm³/mol. The summed E-state index contributed by atoms with van der Waals surface area (Å²) in [5.74, 6) is -0.244. The van der Waals surface area contributed by atoms with Crippen LogP contribution in [-0.2, 0) is 26.2 Å². The number of halogens is 1. The molecule has 8 nitrogen and oxygen atoms in total. The smallest absolute Gasteiger partial charge is 0.264 e. The third-order valence-electron chi connectivity index (χ3n) is 6.10. The lowest BCUT2D eigenvalue weighted by atomic mass is 10.1. The molecule has 40 heavy (non-hydrogen) atoms. The van der Waals surface area contributed by atoms with Gasteiger partial charge in [-0.15, -0.1) is 0 Å². The first kappa shape index (κ1) is 31.0. The molecule has 1 atom stereocenters. The molecule has 214 valence electrons. The van der Waals surface area contributed by atoms with Crippen molar-refractivity contribution in [2.24, 2.45) is 0 Å². The summed E-state index contributed by atoms with van der Waals surface area (Å²) in [5, 5.41) is 3.35. The number of benzene rings is 3. The number of hydrogen-bond acceptors (Lipinski definition) is 5. The van der Waals surface area contributed by atoms with Crippen molar-refractivity contribution in [1.82, 2.24) is 10.2 Å². The Kier molecular flexibility index (Phi) is 10.2. The van der Waals surface area contributed by atoms with Gasteiger partial charge in [0.05, 0.1) is 17.7 Å². The van der Waals surface area contributed by atoms with Crippen molar-refractivity contribution in [3.8, 4) is 5.75 Å². The average molecular weight is 586 g/mol. The SMILES string of the molecule is CCC(C(=O)NC(C)(C)C)N(Cc1cccc(OC)c1)C(=O)CN(c1ccccc1)S(=O)(=O)c1ccc(Cl)cc1. The number of nitrogens with one attached hydrogen (secondary N) is 1. The second kappa shape index (κ2) is 13.2. The van der Waals surface area contributed by atoms with Crippen LogP contribution in [0.4, 0.5) is 5.69 Å². The maximum atomic E-state index is 14.1. The molecule has 0 fully saturated rings. The Morgan fingerprint density at radius 3 is 2.20 bits per heavy atom. The normalized spacial score (nSPS) is 12.3. The number of para-hydroxylation sites is 1. The van der Waals surface area contributed by atoms with E-state index in [-0.39, 0.29) is 17.3 Å². The van der Waals surface area contributed by atoms with E-state index in [1.54, 1.807) is 55.6 Å². The maximum absolute atomic E-state index is 14.1. The molecule has 0 aliphatic rings. The van der Waals surface area contributed by atoms with E-state index in [4.69, 9.17) is 16.3 Å². The van der Waals surface area contributed by atoms with E-state index in [9.17, 15) is 18.0 Å². The summed E-state index contributed by atoms with van der Waals surface area (Å²) in [5.41, 5.74) is 0.532. The summed E-state index contributed by atoms with van der Waals surface area (Å²) in [6, 6.07) is 20.5. The van der Waals surface area contributed by atoms with E-state index < -0.39 is 34.1 Å². The number of carbonyl (C=O) groups excluding carboxylic acids is 2. The highest BCUT2D eigenvalue weighted by atomic mass is 35.5. The Bertz CT molecular complexity index is 1410. The highest BCUT2D eigenvalue weighted by Gasteiger charge is 2.34. The van der Waals surface area contributed by atoms with Crippen LogP contribution in [0.3, 0.4) is 0 Å². The predicted octanol–water partition coefficient (Wildman–Crippen LogP) is 5.27. The van der Waals surface area contributed by atoms with Gasteiger partial charge in [-0.1, -0.05) is 48.9 Å². The summed E-state index contributed by atoms with van der Waals surface area (Å²) in [7, 11) is -2.61. The fraction of sp³-hybridized carbons (Fsp3) is 0.333. The van der Waals surface area contributed by atoms with E-state index in [2.05, 4.69) is 5.32 Å². The number of rotatable bonds is 11. The van der Waals surface area contributed by atoms with Gasteiger partial charge >= 0.3 is 0 Å². The van der Waals surface area contributed by atoms with Gasteiger partial charge in [0.1, 0.15) is 18.3 Å². The second-order valence-electron chi connectivity index (χ2n) is 10.3. The van der Waals surface area contributed by atoms with Gasteiger partial charge in [-0.05, 0) is 81.3 Å². The molecule has 0 heterocycles. The first-order chi connectivity index (χ1) is 18.9. The minimum Gasteiger partial charge on any atom is -0.497 e. The van der Waals surface area contributed by atoms with Gasteiger partial charge in [0.15, 0.2) is 0 Å². The quantitative estimate of drug-likeness (QED) is 0.331. The maximum Gasteiger partial charge on any atom is 0.264 e. The number of ether oxygens (including phenoxy) is 1. The Labute approximate surface area is 241 Å². The fourth-order valence-corrected chi connectivity index (χ4v) is 5.74. The van der Waals surface area contributed by atoms with Gasteiger partial charge in [0, 0.05) is 17.1 Å². The number of anilines is 1. The number of methoxy groups -OCH3 is 1. The van der Waals surface area contributed by atoms with Gasteiger partial charge in [0.2, 0.25) is 11.8 Å². The molecular weight excluding hydrogens is 550 g/mol. The van der Waals surface area contributed by atoms with E-state index in [0.29, 0.717) is 22.9 Å². The van der Waals surface area contributed by atoms with Crippen LogP contribution in [0.15, 0.2) is 83.8 Å². The largest absolute Gasteiger partial charge is 0.497 e. The Balaban J connectivity index is 2.05. The molecule has 0 radical (unpaired) electrons. The van der Waals surface area contributed by atoms with Gasteiger partial charge in [-0.3, -0.25) is 13.9 Å².